The Kier molecular flexibility index (Phi) is 7.21. The van der Waals surface area contributed by atoms with Gasteiger partial charge in [0, 0.05) is 10.0 Å². The minimum atomic E-state index is -0.794. The highest BCUT2D eigenvalue weighted by molar-refractivity contribution is 6.35. The van der Waals surface area contributed by atoms with Crippen LogP contribution in [0, 0.1) is 0 Å². The number of hydrogen-bond acceptors (Lipinski definition) is 2. The topological polar surface area (TPSA) is 49.3 Å². The molecule has 0 heterocycles. The Hall–Kier alpha value is -0.770. The van der Waals surface area contributed by atoms with Gasteiger partial charge in [0.15, 0.2) is 0 Å². The van der Waals surface area contributed by atoms with Crippen molar-refractivity contribution in [2.45, 2.75) is 38.6 Å². The molecule has 0 aromatic heterocycles. The van der Waals surface area contributed by atoms with Crippen LogP contribution in [0.4, 0.5) is 0 Å². The van der Waals surface area contributed by atoms with Gasteiger partial charge in [0.1, 0.15) is 6.04 Å². The number of carboxylic acid groups (broad SMARTS) is 1. The van der Waals surface area contributed by atoms with E-state index in [1.54, 1.807) is 0 Å². The van der Waals surface area contributed by atoms with Gasteiger partial charge in [0.2, 0.25) is 0 Å². The zero-order valence-electron chi connectivity index (χ0n) is 11.0. The molecule has 3 nitrogen and oxygen atoms in total. The predicted molar refractivity (Wildman–Crippen MR) is 79.1 cm³/mol. The summed E-state index contributed by atoms with van der Waals surface area (Å²) in [4.78, 5) is 11.0. The third-order valence-corrected chi connectivity index (χ3v) is 3.64. The van der Waals surface area contributed by atoms with E-state index < -0.39 is 12.0 Å². The fourth-order valence-corrected chi connectivity index (χ4v) is 2.50. The first-order valence-corrected chi connectivity index (χ1v) is 7.21. The molecule has 0 amide bonds. The molecular weight excluding hydrogens is 285 g/mol. The molecule has 1 aromatic carbocycles. The molecule has 0 spiro atoms. The highest BCUT2D eigenvalue weighted by atomic mass is 35.5. The molecular formula is C14H19Cl2NO2. The third-order valence-electron chi connectivity index (χ3n) is 2.93. The third kappa shape index (κ3) is 5.39. The standard InChI is InChI=1S/C14H19Cl2NO2/c1-2-5-13(14(18)19)17-9-4-6-10-11(15)7-3-8-12(10)16/h3,7-8,13,17H,2,4-6,9H2,1H3,(H,18,19). The Bertz CT molecular complexity index is 404. The van der Waals surface area contributed by atoms with E-state index in [-0.39, 0.29) is 0 Å². The van der Waals surface area contributed by atoms with Crippen molar-refractivity contribution < 1.29 is 9.90 Å². The van der Waals surface area contributed by atoms with E-state index in [0.717, 1.165) is 24.8 Å². The minimum absolute atomic E-state index is 0.466. The lowest BCUT2D eigenvalue weighted by molar-refractivity contribution is -0.139. The second-order valence-corrected chi connectivity index (χ2v) is 5.25. The van der Waals surface area contributed by atoms with Crippen molar-refractivity contribution >= 4 is 29.2 Å². The summed E-state index contributed by atoms with van der Waals surface area (Å²) in [7, 11) is 0. The lowest BCUT2D eigenvalue weighted by atomic mass is 10.1. The Morgan fingerprint density at radius 3 is 2.53 bits per heavy atom. The molecule has 0 fully saturated rings. The summed E-state index contributed by atoms with van der Waals surface area (Å²) in [5.41, 5.74) is 0.926. The van der Waals surface area contributed by atoms with Gasteiger partial charge in [-0.1, -0.05) is 42.6 Å². The quantitative estimate of drug-likeness (QED) is 0.719. The van der Waals surface area contributed by atoms with Crippen LogP contribution in [0.5, 0.6) is 0 Å². The SMILES string of the molecule is CCCC(NCCCc1c(Cl)cccc1Cl)C(=O)O. The van der Waals surface area contributed by atoms with Gasteiger partial charge in [0.05, 0.1) is 0 Å². The van der Waals surface area contributed by atoms with Gasteiger partial charge in [-0.25, -0.2) is 0 Å². The lowest BCUT2D eigenvalue weighted by Crippen LogP contribution is -2.37. The van der Waals surface area contributed by atoms with Crippen molar-refractivity contribution in [2.24, 2.45) is 0 Å². The molecule has 106 valence electrons. The number of rotatable bonds is 8. The summed E-state index contributed by atoms with van der Waals surface area (Å²) in [5, 5.41) is 13.4. The van der Waals surface area contributed by atoms with Crippen LogP contribution in [-0.4, -0.2) is 23.7 Å². The molecule has 0 saturated carbocycles. The summed E-state index contributed by atoms with van der Waals surface area (Å²) in [6.45, 7) is 2.61. The number of carbonyl (C=O) groups is 1. The zero-order valence-corrected chi connectivity index (χ0v) is 12.5. The van der Waals surface area contributed by atoms with Crippen LogP contribution in [0.2, 0.25) is 10.0 Å². The first-order valence-electron chi connectivity index (χ1n) is 6.45. The fraction of sp³-hybridized carbons (Fsp3) is 0.500. The molecule has 19 heavy (non-hydrogen) atoms. The van der Waals surface area contributed by atoms with Crippen LogP contribution in [0.15, 0.2) is 18.2 Å². The van der Waals surface area contributed by atoms with E-state index in [1.807, 2.05) is 25.1 Å². The summed E-state index contributed by atoms with van der Waals surface area (Å²) < 4.78 is 0. The number of benzene rings is 1. The van der Waals surface area contributed by atoms with Crippen LogP contribution in [0.1, 0.15) is 31.7 Å². The summed E-state index contributed by atoms with van der Waals surface area (Å²) in [5.74, 6) is -0.794. The molecule has 0 aliphatic rings. The van der Waals surface area contributed by atoms with E-state index in [0.29, 0.717) is 23.0 Å². The van der Waals surface area contributed by atoms with E-state index >= 15 is 0 Å². The maximum Gasteiger partial charge on any atom is 0.320 e. The molecule has 0 aliphatic carbocycles. The molecule has 0 radical (unpaired) electrons. The second-order valence-electron chi connectivity index (χ2n) is 4.44. The van der Waals surface area contributed by atoms with Gasteiger partial charge in [-0.05, 0) is 43.5 Å². The Balaban J connectivity index is 2.40. The van der Waals surface area contributed by atoms with E-state index in [4.69, 9.17) is 28.3 Å². The van der Waals surface area contributed by atoms with Crippen LogP contribution < -0.4 is 5.32 Å². The van der Waals surface area contributed by atoms with E-state index in [2.05, 4.69) is 5.32 Å². The number of halogens is 2. The summed E-state index contributed by atoms with van der Waals surface area (Å²) in [6, 6.07) is 4.97. The first kappa shape index (κ1) is 16.3. The summed E-state index contributed by atoms with van der Waals surface area (Å²) >= 11 is 12.1. The van der Waals surface area contributed by atoms with Crippen molar-refractivity contribution in [2.75, 3.05) is 6.54 Å². The van der Waals surface area contributed by atoms with Gasteiger partial charge < -0.3 is 10.4 Å². The first-order chi connectivity index (χ1) is 9.06. The average molecular weight is 304 g/mol. The monoisotopic (exact) mass is 303 g/mol. The van der Waals surface area contributed by atoms with Crippen molar-refractivity contribution in [1.29, 1.82) is 0 Å². The van der Waals surface area contributed by atoms with Crippen molar-refractivity contribution in [3.63, 3.8) is 0 Å². The predicted octanol–water partition coefficient (Wildman–Crippen LogP) is 3.77. The maximum absolute atomic E-state index is 11.0. The van der Waals surface area contributed by atoms with E-state index in [1.165, 1.54) is 0 Å². The second kappa shape index (κ2) is 8.41. The van der Waals surface area contributed by atoms with Crippen LogP contribution in [-0.2, 0) is 11.2 Å². The normalized spacial score (nSPS) is 12.4. The van der Waals surface area contributed by atoms with Crippen LogP contribution in [0.25, 0.3) is 0 Å². The largest absolute Gasteiger partial charge is 0.480 e. The zero-order chi connectivity index (χ0) is 14.3. The fourth-order valence-electron chi connectivity index (χ4n) is 1.91. The number of carboxylic acids is 1. The molecule has 1 unspecified atom stereocenters. The van der Waals surface area contributed by atoms with Crippen molar-refractivity contribution in [3.05, 3.63) is 33.8 Å². The molecule has 0 saturated heterocycles. The Morgan fingerprint density at radius 2 is 2.00 bits per heavy atom. The van der Waals surface area contributed by atoms with Crippen LogP contribution in [0.3, 0.4) is 0 Å². The average Bonchev–Trinajstić information content (AvgIpc) is 2.35. The molecule has 1 rings (SSSR count). The molecule has 0 aliphatic heterocycles. The maximum atomic E-state index is 11.0. The van der Waals surface area contributed by atoms with Gasteiger partial charge in [-0.2, -0.15) is 0 Å². The van der Waals surface area contributed by atoms with E-state index in [9.17, 15) is 4.79 Å². The van der Waals surface area contributed by atoms with Crippen LogP contribution >= 0.6 is 23.2 Å². The highest BCUT2D eigenvalue weighted by Gasteiger charge is 2.14. The molecule has 0 bridgehead atoms. The smallest absolute Gasteiger partial charge is 0.320 e. The van der Waals surface area contributed by atoms with Gasteiger partial charge >= 0.3 is 5.97 Å². The molecule has 1 aromatic rings. The Morgan fingerprint density at radius 1 is 1.37 bits per heavy atom. The molecule has 2 N–H and O–H groups in total. The number of nitrogens with one attached hydrogen (secondary N) is 1. The van der Waals surface area contributed by atoms with Gasteiger partial charge in [-0.3, -0.25) is 4.79 Å². The number of aliphatic carboxylic acids is 1. The lowest BCUT2D eigenvalue weighted by Gasteiger charge is -2.13. The van der Waals surface area contributed by atoms with Crippen molar-refractivity contribution in [1.82, 2.24) is 5.32 Å². The molecule has 1 atom stereocenters. The van der Waals surface area contributed by atoms with Crippen molar-refractivity contribution in [3.8, 4) is 0 Å². The minimum Gasteiger partial charge on any atom is -0.480 e. The highest BCUT2D eigenvalue weighted by Crippen LogP contribution is 2.25. The summed E-state index contributed by atoms with van der Waals surface area (Å²) in [6.07, 6.45) is 3.03. The number of hydrogen-bond donors (Lipinski definition) is 2. The Labute approximate surface area is 123 Å². The molecule has 5 heteroatoms. The van der Waals surface area contributed by atoms with Gasteiger partial charge in [-0.15, -0.1) is 0 Å². The van der Waals surface area contributed by atoms with Gasteiger partial charge in [0.25, 0.3) is 0 Å².